The summed E-state index contributed by atoms with van der Waals surface area (Å²) < 4.78 is 63.0. The van der Waals surface area contributed by atoms with Crippen molar-refractivity contribution in [1.82, 2.24) is 14.8 Å². The fourth-order valence-electron chi connectivity index (χ4n) is 5.57. The number of nitrogens with one attached hydrogen (secondary N) is 2. The van der Waals surface area contributed by atoms with Gasteiger partial charge in [-0.2, -0.15) is 13.2 Å². The summed E-state index contributed by atoms with van der Waals surface area (Å²) in [6.45, 7) is 11.9. The lowest BCUT2D eigenvalue weighted by atomic mass is 9.96. The molecule has 9 nitrogen and oxygen atoms in total. The molecule has 13 heteroatoms. The van der Waals surface area contributed by atoms with Gasteiger partial charge in [0, 0.05) is 55.6 Å². The van der Waals surface area contributed by atoms with Crippen molar-refractivity contribution < 1.29 is 31.9 Å². The summed E-state index contributed by atoms with van der Waals surface area (Å²) in [5, 5.41) is 2.60. The van der Waals surface area contributed by atoms with Gasteiger partial charge in [-0.05, 0) is 72.7 Å². The van der Waals surface area contributed by atoms with Crippen LogP contribution in [0.3, 0.4) is 0 Å². The number of pyridine rings is 1. The van der Waals surface area contributed by atoms with E-state index in [2.05, 4.69) is 15.2 Å². The van der Waals surface area contributed by atoms with E-state index in [1.807, 2.05) is 25.8 Å². The second-order valence-corrected chi connectivity index (χ2v) is 12.5. The molecule has 1 saturated heterocycles. The summed E-state index contributed by atoms with van der Waals surface area (Å²) in [5.41, 5.74) is -2.79. The molecule has 0 spiro atoms. The van der Waals surface area contributed by atoms with E-state index < -0.39 is 46.3 Å². The predicted octanol–water partition coefficient (Wildman–Crippen LogP) is 5.65. The number of carbonyl (C=O) groups is 2. The van der Waals surface area contributed by atoms with E-state index in [1.165, 1.54) is 24.0 Å². The molecule has 1 aromatic heterocycles. The van der Waals surface area contributed by atoms with Crippen LogP contribution in [0.15, 0.2) is 29.1 Å². The van der Waals surface area contributed by atoms with Gasteiger partial charge in [0.15, 0.2) is 0 Å². The largest absolute Gasteiger partial charge is 0.444 e. The van der Waals surface area contributed by atoms with Crippen molar-refractivity contribution in [3.8, 4) is 0 Å². The van der Waals surface area contributed by atoms with E-state index in [9.17, 15) is 27.6 Å². The Balaban J connectivity index is 1.75. The summed E-state index contributed by atoms with van der Waals surface area (Å²) in [6, 6.07) is 3.22. The molecule has 0 saturated carbocycles. The monoisotopic (exact) mass is 621 g/mol. The average molecular weight is 622 g/mol. The Hall–Kier alpha value is -3.87. The zero-order valence-electron chi connectivity index (χ0n) is 26.0. The smallest absolute Gasteiger partial charge is 0.417 e. The predicted molar refractivity (Wildman–Crippen MR) is 160 cm³/mol. The first-order valence-electron chi connectivity index (χ1n) is 14.5. The third-order valence-corrected chi connectivity index (χ3v) is 8.00. The quantitative estimate of drug-likeness (QED) is 0.429. The van der Waals surface area contributed by atoms with Gasteiger partial charge in [-0.25, -0.2) is 9.18 Å². The molecule has 4 rings (SSSR count). The minimum Gasteiger partial charge on any atom is -0.444 e. The highest BCUT2D eigenvalue weighted by Crippen LogP contribution is 2.37. The normalized spacial score (nSPS) is 19.9. The molecule has 240 valence electrons. The Morgan fingerprint density at radius 3 is 2.25 bits per heavy atom. The van der Waals surface area contributed by atoms with Crippen LogP contribution in [0.25, 0.3) is 5.57 Å². The molecule has 0 unspecified atom stereocenters. The number of carbonyl (C=O) groups excluding carboxylic acids is 2. The average Bonchev–Trinajstić information content (AvgIpc) is 2.90. The molecule has 1 aromatic carbocycles. The highest BCUT2D eigenvalue weighted by atomic mass is 19.4. The molecule has 3 heterocycles. The van der Waals surface area contributed by atoms with E-state index >= 15 is 4.39 Å². The number of halogens is 4. The molecular weight excluding hydrogens is 582 g/mol. The number of hydrogen-bond donors (Lipinski definition) is 2. The molecular formula is C31H39F4N5O4. The van der Waals surface area contributed by atoms with Gasteiger partial charge < -0.3 is 24.8 Å². The minimum atomic E-state index is -4.96. The number of benzene rings is 1. The Morgan fingerprint density at radius 2 is 1.70 bits per heavy atom. The van der Waals surface area contributed by atoms with Gasteiger partial charge in [0.05, 0.1) is 22.5 Å². The topological polar surface area (TPSA) is 98.0 Å². The van der Waals surface area contributed by atoms with Gasteiger partial charge in [0.2, 0.25) is 5.56 Å². The van der Waals surface area contributed by atoms with Crippen LogP contribution in [0.2, 0.25) is 0 Å². The van der Waals surface area contributed by atoms with Gasteiger partial charge in [0.25, 0.3) is 5.91 Å². The minimum absolute atomic E-state index is 0.0724. The van der Waals surface area contributed by atoms with Crippen molar-refractivity contribution in [2.45, 2.75) is 71.8 Å². The van der Waals surface area contributed by atoms with Crippen molar-refractivity contribution in [3.63, 3.8) is 0 Å². The zero-order valence-corrected chi connectivity index (χ0v) is 26.0. The lowest BCUT2D eigenvalue weighted by Gasteiger charge is -2.44. The first-order valence-corrected chi connectivity index (χ1v) is 14.5. The van der Waals surface area contributed by atoms with Gasteiger partial charge in [-0.3, -0.25) is 14.5 Å². The number of aromatic amines is 1. The maximum absolute atomic E-state index is 15.8. The Labute approximate surface area is 253 Å². The molecule has 2 aromatic rings. The van der Waals surface area contributed by atoms with Crippen molar-refractivity contribution in [2.75, 3.05) is 43.4 Å². The van der Waals surface area contributed by atoms with Gasteiger partial charge >= 0.3 is 12.3 Å². The number of aromatic nitrogens is 1. The summed E-state index contributed by atoms with van der Waals surface area (Å²) in [7, 11) is 1.98. The van der Waals surface area contributed by atoms with Crippen molar-refractivity contribution >= 4 is 28.9 Å². The number of anilines is 2. The van der Waals surface area contributed by atoms with Gasteiger partial charge in [-0.1, -0.05) is 6.08 Å². The lowest BCUT2D eigenvalue weighted by molar-refractivity contribution is -0.138. The zero-order chi connectivity index (χ0) is 32.7. The summed E-state index contributed by atoms with van der Waals surface area (Å²) in [4.78, 5) is 45.7. The van der Waals surface area contributed by atoms with Crippen molar-refractivity contribution in [1.29, 1.82) is 0 Å². The second kappa shape index (κ2) is 12.3. The van der Waals surface area contributed by atoms with Crippen LogP contribution in [0.1, 0.15) is 68.2 Å². The molecule has 2 atom stereocenters. The number of nitrogens with zero attached hydrogens (tertiary/aromatic N) is 3. The molecule has 1 fully saturated rings. The van der Waals surface area contributed by atoms with E-state index in [0.717, 1.165) is 0 Å². The summed E-state index contributed by atoms with van der Waals surface area (Å²) in [5.74, 6) is -1.65. The maximum atomic E-state index is 15.8. The molecule has 2 aliphatic rings. The van der Waals surface area contributed by atoms with Gasteiger partial charge in [0.1, 0.15) is 11.4 Å². The standard InChI is InChI=1S/C31H39F4N5O4/c1-17-15-40(16-18(2)38(17)7)25-14-23(32)21(20-8-10-39(11-9-20)29(43)44-30(4,5)6)12-24(25)37-28(42)27-19(3)36-26(41)13-22(27)31(33,34)35/h8,12-14,17-18H,9-11,15-16H2,1-7H3,(H,36,41)(H,37,42)/t17-,18+. The Morgan fingerprint density at radius 1 is 1.07 bits per heavy atom. The van der Waals surface area contributed by atoms with Crippen LogP contribution >= 0.6 is 0 Å². The maximum Gasteiger partial charge on any atom is 0.417 e. The van der Waals surface area contributed by atoms with E-state index in [4.69, 9.17) is 4.74 Å². The first-order chi connectivity index (χ1) is 20.4. The summed E-state index contributed by atoms with van der Waals surface area (Å²) >= 11 is 0. The third kappa shape index (κ3) is 7.25. The number of aryl methyl sites for hydroxylation is 1. The molecule has 0 bridgehead atoms. The fraction of sp³-hybridized carbons (Fsp3) is 0.516. The number of likely N-dealkylation sites (N-methyl/N-ethyl adjacent to an activating group) is 1. The Kier molecular flexibility index (Phi) is 9.20. The number of piperazine rings is 1. The highest BCUT2D eigenvalue weighted by Gasteiger charge is 2.38. The number of amides is 2. The number of ether oxygens (including phenoxy) is 1. The molecule has 44 heavy (non-hydrogen) atoms. The van der Waals surface area contributed by atoms with E-state index in [-0.39, 0.29) is 42.1 Å². The van der Waals surface area contributed by atoms with E-state index in [0.29, 0.717) is 36.8 Å². The number of hydrogen-bond acceptors (Lipinski definition) is 6. The van der Waals surface area contributed by atoms with Crippen LogP contribution in [-0.2, 0) is 10.9 Å². The molecule has 2 amide bonds. The van der Waals surface area contributed by atoms with Crippen molar-refractivity contribution in [3.05, 3.63) is 62.8 Å². The third-order valence-electron chi connectivity index (χ3n) is 8.00. The highest BCUT2D eigenvalue weighted by molar-refractivity contribution is 6.08. The Bertz CT molecular complexity index is 1520. The number of alkyl halides is 3. The first kappa shape index (κ1) is 33.0. The van der Waals surface area contributed by atoms with Crippen LogP contribution in [0.4, 0.5) is 33.7 Å². The van der Waals surface area contributed by atoms with Crippen LogP contribution < -0.4 is 15.8 Å². The fourth-order valence-corrected chi connectivity index (χ4v) is 5.57. The van der Waals surface area contributed by atoms with Crippen LogP contribution in [-0.4, -0.2) is 77.7 Å². The van der Waals surface area contributed by atoms with Gasteiger partial charge in [-0.15, -0.1) is 0 Å². The second-order valence-electron chi connectivity index (χ2n) is 12.5. The SMILES string of the molecule is Cc1[nH]c(=O)cc(C(F)(F)F)c1C(=O)Nc1cc(C2=CCN(C(=O)OC(C)(C)C)CC2)c(F)cc1N1C[C@@H](C)N(C)[C@@H](C)C1. The number of rotatable bonds is 4. The summed E-state index contributed by atoms with van der Waals surface area (Å²) in [6.07, 6.45) is -3.46. The lowest BCUT2D eigenvalue weighted by Crippen LogP contribution is -2.55. The van der Waals surface area contributed by atoms with Crippen LogP contribution in [0, 0.1) is 12.7 Å². The van der Waals surface area contributed by atoms with E-state index in [1.54, 1.807) is 26.8 Å². The van der Waals surface area contributed by atoms with Crippen molar-refractivity contribution in [2.24, 2.45) is 0 Å². The molecule has 2 N–H and O–H groups in total. The molecule has 0 aliphatic carbocycles. The number of H-pyrrole nitrogens is 1. The molecule has 2 aliphatic heterocycles. The molecule has 0 radical (unpaired) electrons. The van der Waals surface area contributed by atoms with Crippen LogP contribution in [0.5, 0.6) is 0 Å².